The van der Waals surface area contributed by atoms with Crippen molar-refractivity contribution in [2.45, 2.75) is 17.3 Å². The maximum Gasteiger partial charge on any atom is 0.321 e. The molecule has 0 spiro atoms. The van der Waals surface area contributed by atoms with Crippen LogP contribution in [0.25, 0.3) is 0 Å². The number of sulfone groups is 1. The van der Waals surface area contributed by atoms with Crippen LogP contribution in [0.1, 0.15) is 5.56 Å². The predicted octanol–water partition coefficient (Wildman–Crippen LogP) is 0.230. The maximum absolute atomic E-state index is 12.1. The lowest BCUT2D eigenvalue weighted by Crippen LogP contribution is -2.29. The number of hydrogen-bond acceptors (Lipinski definition) is 5. The van der Waals surface area contributed by atoms with E-state index >= 15 is 0 Å². The quantitative estimate of drug-likeness (QED) is 0.623. The smallest absolute Gasteiger partial charge is 0.321 e. The van der Waals surface area contributed by atoms with Crippen molar-refractivity contribution in [3.05, 3.63) is 29.8 Å². The zero-order valence-corrected chi connectivity index (χ0v) is 10.6. The molecule has 0 aromatic heterocycles. The van der Waals surface area contributed by atoms with Crippen LogP contribution in [-0.4, -0.2) is 26.4 Å². The van der Waals surface area contributed by atoms with Gasteiger partial charge in [0, 0.05) is 0 Å². The first kappa shape index (κ1) is 14.2. The Labute approximate surface area is 106 Å². The second-order valence-corrected chi connectivity index (χ2v) is 5.54. The SMILES string of the molecule is C#CC(OC(=O)CN)S(=O)(=O)c1ccc(C)cc1. The standard InChI is InChI=1S/C12H13NO4S/c1-3-12(17-11(14)8-13)18(15,16)10-6-4-9(2)5-7-10/h1,4-7,12H,8,13H2,2H3. The molecule has 0 heterocycles. The Morgan fingerprint density at radius 2 is 2.00 bits per heavy atom. The molecule has 96 valence electrons. The van der Waals surface area contributed by atoms with Crippen LogP contribution in [0.2, 0.25) is 0 Å². The number of carbonyl (C=O) groups is 1. The normalized spacial score (nSPS) is 12.5. The predicted molar refractivity (Wildman–Crippen MR) is 66.1 cm³/mol. The van der Waals surface area contributed by atoms with Crippen molar-refractivity contribution in [2.24, 2.45) is 5.73 Å². The van der Waals surface area contributed by atoms with Crippen molar-refractivity contribution < 1.29 is 17.9 Å². The fraction of sp³-hybridized carbons (Fsp3) is 0.250. The van der Waals surface area contributed by atoms with E-state index in [1.165, 1.54) is 12.1 Å². The molecule has 18 heavy (non-hydrogen) atoms. The molecule has 1 aromatic carbocycles. The van der Waals surface area contributed by atoms with Crippen LogP contribution >= 0.6 is 0 Å². The molecule has 0 aliphatic carbocycles. The zero-order chi connectivity index (χ0) is 13.8. The summed E-state index contributed by atoms with van der Waals surface area (Å²) >= 11 is 0. The Morgan fingerprint density at radius 3 is 2.44 bits per heavy atom. The van der Waals surface area contributed by atoms with Gasteiger partial charge in [-0.05, 0) is 25.0 Å². The molecule has 0 saturated carbocycles. The first-order valence-electron chi connectivity index (χ1n) is 5.08. The van der Waals surface area contributed by atoms with E-state index in [0.717, 1.165) is 5.56 Å². The highest BCUT2D eigenvalue weighted by atomic mass is 32.2. The van der Waals surface area contributed by atoms with Crippen LogP contribution in [0, 0.1) is 19.3 Å². The summed E-state index contributed by atoms with van der Waals surface area (Å²) in [6.45, 7) is 1.39. The number of ether oxygens (including phenoxy) is 1. The largest absolute Gasteiger partial charge is 0.432 e. The first-order chi connectivity index (χ1) is 8.41. The summed E-state index contributed by atoms with van der Waals surface area (Å²) < 4.78 is 28.7. The van der Waals surface area contributed by atoms with Gasteiger partial charge in [-0.15, -0.1) is 6.42 Å². The minimum atomic E-state index is -3.91. The number of esters is 1. The van der Waals surface area contributed by atoms with Crippen LogP contribution in [0.4, 0.5) is 0 Å². The first-order valence-corrected chi connectivity index (χ1v) is 6.62. The molecule has 2 N–H and O–H groups in total. The molecule has 0 amide bonds. The lowest BCUT2D eigenvalue weighted by molar-refractivity contribution is -0.141. The lowest BCUT2D eigenvalue weighted by Gasteiger charge is -2.12. The minimum Gasteiger partial charge on any atom is -0.432 e. The van der Waals surface area contributed by atoms with Crippen molar-refractivity contribution in [3.63, 3.8) is 0 Å². The zero-order valence-electron chi connectivity index (χ0n) is 9.79. The Kier molecular flexibility index (Phi) is 4.48. The van der Waals surface area contributed by atoms with E-state index < -0.39 is 27.8 Å². The molecule has 1 rings (SSSR count). The Morgan fingerprint density at radius 1 is 1.44 bits per heavy atom. The highest BCUT2D eigenvalue weighted by Crippen LogP contribution is 2.17. The molecule has 0 bridgehead atoms. The summed E-state index contributed by atoms with van der Waals surface area (Å²) in [4.78, 5) is 11.0. The summed E-state index contributed by atoms with van der Waals surface area (Å²) in [6.07, 6.45) is 5.08. The summed E-state index contributed by atoms with van der Waals surface area (Å²) in [6, 6.07) is 6.08. The van der Waals surface area contributed by atoms with E-state index in [4.69, 9.17) is 12.2 Å². The third-order valence-corrected chi connectivity index (χ3v) is 3.90. The third-order valence-electron chi connectivity index (χ3n) is 2.17. The molecule has 0 fully saturated rings. The maximum atomic E-state index is 12.1. The monoisotopic (exact) mass is 267 g/mol. The van der Waals surface area contributed by atoms with Crippen molar-refractivity contribution in [3.8, 4) is 12.3 Å². The van der Waals surface area contributed by atoms with Gasteiger partial charge in [0.15, 0.2) is 0 Å². The van der Waals surface area contributed by atoms with E-state index in [1.807, 2.05) is 12.8 Å². The van der Waals surface area contributed by atoms with E-state index in [9.17, 15) is 13.2 Å². The van der Waals surface area contributed by atoms with Crippen LogP contribution in [0.5, 0.6) is 0 Å². The number of nitrogens with two attached hydrogens (primary N) is 1. The fourth-order valence-electron chi connectivity index (χ4n) is 1.21. The van der Waals surface area contributed by atoms with Gasteiger partial charge >= 0.3 is 5.97 Å². The van der Waals surface area contributed by atoms with Crippen LogP contribution < -0.4 is 5.73 Å². The molecule has 0 aliphatic heterocycles. The average Bonchev–Trinajstić information content (AvgIpc) is 2.35. The third kappa shape index (κ3) is 3.09. The molecule has 1 atom stereocenters. The number of terminal acetylenes is 1. The highest BCUT2D eigenvalue weighted by Gasteiger charge is 2.28. The number of carbonyl (C=O) groups excluding carboxylic acids is 1. The lowest BCUT2D eigenvalue weighted by atomic mass is 10.2. The van der Waals surface area contributed by atoms with Gasteiger partial charge in [-0.25, -0.2) is 8.42 Å². The molecule has 0 saturated heterocycles. The Hall–Kier alpha value is -1.84. The van der Waals surface area contributed by atoms with E-state index in [-0.39, 0.29) is 4.90 Å². The second-order valence-electron chi connectivity index (χ2n) is 3.55. The van der Waals surface area contributed by atoms with Gasteiger partial charge in [0.1, 0.15) is 0 Å². The van der Waals surface area contributed by atoms with Crippen LogP contribution in [0.15, 0.2) is 29.2 Å². The summed E-state index contributed by atoms with van der Waals surface area (Å²) in [5.74, 6) is 1.07. The second kappa shape index (κ2) is 5.67. The molecule has 1 aromatic rings. The minimum absolute atomic E-state index is 0.000807. The number of rotatable bonds is 4. The van der Waals surface area contributed by atoms with E-state index in [1.54, 1.807) is 12.1 Å². The summed E-state index contributed by atoms with van der Waals surface area (Å²) in [7, 11) is -3.91. The number of benzene rings is 1. The fourth-order valence-corrected chi connectivity index (χ4v) is 2.38. The van der Waals surface area contributed by atoms with Gasteiger partial charge in [-0.3, -0.25) is 4.79 Å². The van der Waals surface area contributed by atoms with Gasteiger partial charge < -0.3 is 10.5 Å². The highest BCUT2D eigenvalue weighted by molar-refractivity contribution is 7.92. The molecular formula is C12H13NO4S. The molecule has 0 radical (unpaired) electrons. The topological polar surface area (TPSA) is 86.5 Å². The molecule has 0 aliphatic rings. The van der Waals surface area contributed by atoms with Gasteiger partial charge in [0.25, 0.3) is 5.44 Å². The van der Waals surface area contributed by atoms with Gasteiger partial charge in [0.2, 0.25) is 9.84 Å². The van der Waals surface area contributed by atoms with E-state index in [0.29, 0.717) is 0 Å². The van der Waals surface area contributed by atoms with Crippen molar-refractivity contribution in [1.82, 2.24) is 0 Å². The summed E-state index contributed by atoms with van der Waals surface area (Å²) in [5.41, 5.74) is 4.29. The van der Waals surface area contributed by atoms with Crippen molar-refractivity contribution >= 4 is 15.8 Å². The molecule has 5 nitrogen and oxygen atoms in total. The van der Waals surface area contributed by atoms with Crippen molar-refractivity contribution in [1.29, 1.82) is 0 Å². The Balaban J connectivity index is 3.08. The van der Waals surface area contributed by atoms with Gasteiger partial charge in [-0.2, -0.15) is 0 Å². The van der Waals surface area contributed by atoms with Gasteiger partial charge in [0.05, 0.1) is 11.4 Å². The molecule has 6 heteroatoms. The van der Waals surface area contributed by atoms with Crippen LogP contribution in [0.3, 0.4) is 0 Å². The van der Waals surface area contributed by atoms with Gasteiger partial charge in [-0.1, -0.05) is 17.7 Å². The number of aryl methyl sites for hydroxylation is 1. The molecule has 1 unspecified atom stereocenters. The summed E-state index contributed by atoms with van der Waals surface area (Å²) in [5, 5.41) is 0. The van der Waals surface area contributed by atoms with E-state index in [2.05, 4.69) is 4.74 Å². The Bertz CT molecular complexity index is 569. The van der Waals surface area contributed by atoms with Crippen molar-refractivity contribution in [2.75, 3.05) is 6.54 Å². The number of hydrogen-bond donors (Lipinski definition) is 1. The average molecular weight is 267 g/mol. The molecular weight excluding hydrogens is 254 g/mol. The van der Waals surface area contributed by atoms with Crippen LogP contribution in [-0.2, 0) is 19.4 Å².